The summed E-state index contributed by atoms with van der Waals surface area (Å²) in [6.07, 6.45) is 1.57. The van der Waals surface area contributed by atoms with Crippen LogP contribution in [-0.2, 0) is 6.54 Å². The number of furan rings is 1. The number of aromatic nitrogens is 2. The molecular weight excluding hydrogens is 282 g/mol. The van der Waals surface area contributed by atoms with Crippen molar-refractivity contribution in [1.29, 1.82) is 0 Å². The molecule has 0 saturated carbocycles. The maximum Gasteiger partial charge on any atom is 0.270 e. The molecule has 0 saturated heterocycles. The molecule has 3 aromatic heterocycles. The SMILES string of the molecule is Cc1noc(C)c1-c1cccc(C(=O)NCc2ccco2)n1. The Hall–Kier alpha value is -2.89. The van der Waals surface area contributed by atoms with Gasteiger partial charge in [0.25, 0.3) is 5.91 Å². The fourth-order valence-electron chi connectivity index (χ4n) is 2.22. The van der Waals surface area contributed by atoms with Crippen LogP contribution in [0.3, 0.4) is 0 Å². The second-order valence-electron chi connectivity index (χ2n) is 4.87. The highest BCUT2D eigenvalue weighted by Crippen LogP contribution is 2.25. The van der Waals surface area contributed by atoms with Crippen molar-refractivity contribution < 1.29 is 13.7 Å². The zero-order valence-corrected chi connectivity index (χ0v) is 12.3. The summed E-state index contributed by atoms with van der Waals surface area (Å²) in [6.45, 7) is 3.99. The number of nitrogens with one attached hydrogen (secondary N) is 1. The van der Waals surface area contributed by atoms with Crippen molar-refractivity contribution >= 4 is 5.91 Å². The number of nitrogens with zero attached hydrogens (tertiary/aromatic N) is 2. The molecule has 0 aromatic carbocycles. The highest BCUT2D eigenvalue weighted by atomic mass is 16.5. The van der Waals surface area contributed by atoms with Gasteiger partial charge >= 0.3 is 0 Å². The lowest BCUT2D eigenvalue weighted by atomic mass is 10.1. The summed E-state index contributed by atoms with van der Waals surface area (Å²) in [5, 5.41) is 6.68. The van der Waals surface area contributed by atoms with Gasteiger partial charge in [0.05, 0.1) is 29.8 Å². The standard InChI is InChI=1S/C16H15N3O3/c1-10-15(11(2)22-19-10)13-6-3-7-14(18-13)16(20)17-9-12-5-4-8-21-12/h3-8H,9H2,1-2H3,(H,17,20). The minimum absolute atomic E-state index is 0.259. The summed E-state index contributed by atoms with van der Waals surface area (Å²) < 4.78 is 10.3. The molecule has 1 N–H and O–H groups in total. The summed E-state index contributed by atoms with van der Waals surface area (Å²) in [7, 11) is 0. The van der Waals surface area contributed by atoms with E-state index >= 15 is 0 Å². The lowest BCUT2D eigenvalue weighted by Crippen LogP contribution is -2.23. The molecule has 0 aliphatic rings. The Balaban J connectivity index is 1.80. The topological polar surface area (TPSA) is 81.2 Å². The maximum atomic E-state index is 12.2. The van der Waals surface area contributed by atoms with Crippen LogP contribution in [0.5, 0.6) is 0 Å². The van der Waals surface area contributed by atoms with Crippen LogP contribution in [0.1, 0.15) is 27.7 Å². The number of carbonyl (C=O) groups excluding carboxylic acids is 1. The van der Waals surface area contributed by atoms with Crippen molar-refractivity contribution in [2.75, 3.05) is 0 Å². The van der Waals surface area contributed by atoms with Gasteiger partial charge < -0.3 is 14.3 Å². The van der Waals surface area contributed by atoms with E-state index < -0.39 is 0 Å². The molecule has 3 rings (SSSR count). The molecule has 0 aliphatic carbocycles. The molecule has 0 fully saturated rings. The Labute approximate surface area is 127 Å². The second kappa shape index (κ2) is 5.85. The van der Waals surface area contributed by atoms with Crippen molar-refractivity contribution in [3.63, 3.8) is 0 Å². The van der Waals surface area contributed by atoms with Gasteiger partial charge in [-0.05, 0) is 38.1 Å². The van der Waals surface area contributed by atoms with Gasteiger partial charge in [-0.2, -0.15) is 0 Å². The molecule has 1 amide bonds. The Kier molecular flexibility index (Phi) is 3.74. The monoisotopic (exact) mass is 297 g/mol. The molecule has 6 nitrogen and oxygen atoms in total. The van der Waals surface area contributed by atoms with E-state index in [0.717, 1.165) is 11.3 Å². The van der Waals surface area contributed by atoms with E-state index in [4.69, 9.17) is 8.94 Å². The quantitative estimate of drug-likeness (QED) is 0.800. The Morgan fingerprint density at radius 1 is 1.23 bits per heavy atom. The first-order valence-electron chi connectivity index (χ1n) is 6.86. The molecule has 0 atom stereocenters. The van der Waals surface area contributed by atoms with E-state index in [2.05, 4.69) is 15.5 Å². The minimum Gasteiger partial charge on any atom is -0.467 e. The first kappa shape index (κ1) is 14.1. The van der Waals surface area contributed by atoms with Crippen LogP contribution < -0.4 is 5.32 Å². The average Bonchev–Trinajstić information content (AvgIpc) is 3.15. The van der Waals surface area contributed by atoms with E-state index in [0.29, 0.717) is 29.5 Å². The zero-order valence-electron chi connectivity index (χ0n) is 12.3. The van der Waals surface area contributed by atoms with Gasteiger partial charge in [0.2, 0.25) is 0 Å². The molecule has 0 bridgehead atoms. The third kappa shape index (κ3) is 2.76. The number of hydrogen-bond acceptors (Lipinski definition) is 5. The fraction of sp³-hybridized carbons (Fsp3) is 0.188. The number of rotatable bonds is 4. The van der Waals surface area contributed by atoms with Crippen molar-refractivity contribution in [3.05, 3.63) is 59.5 Å². The number of hydrogen-bond donors (Lipinski definition) is 1. The van der Waals surface area contributed by atoms with Crippen LogP contribution in [0.25, 0.3) is 11.3 Å². The fourth-order valence-corrected chi connectivity index (χ4v) is 2.22. The van der Waals surface area contributed by atoms with Crippen LogP contribution in [0.4, 0.5) is 0 Å². The summed E-state index contributed by atoms with van der Waals surface area (Å²) in [6, 6.07) is 8.86. The van der Waals surface area contributed by atoms with E-state index in [1.807, 2.05) is 19.9 Å². The van der Waals surface area contributed by atoms with Crippen molar-refractivity contribution in [3.8, 4) is 11.3 Å². The summed E-state index contributed by atoms with van der Waals surface area (Å²) >= 11 is 0. The van der Waals surface area contributed by atoms with Crippen molar-refractivity contribution in [1.82, 2.24) is 15.5 Å². The van der Waals surface area contributed by atoms with Gasteiger partial charge in [-0.25, -0.2) is 4.98 Å². The minimum atomic E-state index is -0.259. The van der Waals surface area contributed by atoms with Crippen LogP contribution in [0.15, 0.2) is 45.5 Å². The van der Waals surface area contributed by atoms with Crippen LogP contribution in [-0.4, -0.2) is 16.0 Å². The summed E-state index contributed by atoms with van der Waals surface area (Å²) in [5.74, 6) is 1.11. The van der Waals surface area contributed by atoms with E-state index in [1.54, 1.807) is 30.5 Å². The van der Waals surface area contributed by atoms with Gasteiger partial charge in [0.1, 0.15) is 17.2 Å². The normalized spacial score (nSPS) is 10.6. The van der Waals surface area contributed by atoms with Gasteiger partial charge in [0.15, 0.2) is 0 Å². The zero-order chi connectivity index (χ0) is 15.5. The first-order valence-corrected chi connectivity index (χ1v) is 6.86. The lowest BCUT2D eigenvalue weighted by Gasteiger charge is -2.05. The average molecular weight is 297 g/mol. The van der Waals surface area contributed by atoms with E-state index in [1.165, 1.54) is 0 Å². The third-order valence-electron chi connectivity index (χ3n) is 3.27. The predicted octanol–water partition coefficient (Wildman–Crippen LogP) is 2.88. The first-order chi connectivity index (χ1) is 10.6. The highest BCUT2D eigenvalue weighted by molar-refractivity contribution is 5.92. The van der Waals surface area contributed by atoms with E-state index in [9.17, 15) is 4.79 Å². The van der Waals surface area contributed by atoms with Crippen LogP contribution in [0.2, 0.25) is 0 Å². The summed E-state index contributed by atoms with van der Waals surface area (Å²) in [5.41, 5.74) is 2.57. The van der Waals surface area contributed by atoms with Crippen LogP contribution >= 0.6 is 0 Å². The molecule has 112 valence electrons. The maximum absolute atomic E-state index is 12.2. The molecule has 22 heavy (non-hydrogen) atoms. The van der Waals surface area contributed by atoms with Crippen LogP contribution in [0, 0.1) is 13.8 Å². The number of amides is 1. The van der Waals surface area contributed by atoms with Gasteiger partial charge in [0, 0.05) is 0 Å². The number of aryl methyl sites for hydroxylation is 2. The van der Waals surface area contributed by atoms with Gasteiger partial charge in [-0.3, -0.25) is 4.79 Å². The van der Waals surface area contributed by atoms with Gasteiger partial charge in [-0.1, -0.05) is 11.2 Å². The highest BCUT2D eigenvalue weighted by Gasteiger charge is 2.15. The Bertz CT molecular complexity index is 771. The molecule has 6 heteroatoms. The summed E-state index contributed by atoms with van der Waals surface area (Å²) in [4.78, 5) is 16.6. The third-order valence-corrected chi connectivity index (χ3v) is 3.27. The smallest absolute Gasteiger partial charge is 0.270 e. The van der Waals surface area contributed by atoms with Gasteiger partial charge in [-0.15, -0.1) is 0 Å². The van der Waals surface area contributed by atoms with Crippen molar-refractivity contribution in [2.24, 2.45) is 0 Å². The Morgan fingerprint density at radius 2 is 2.09 bits per heavy atom. The predicted molar refractivity (Wildman–Crippen MR) is 79.1 cm³/mol. The van der Waals surface area contributed by atoms with E-state index in [-0.39, 0.29) is 5.91 Å². The molecular formula is C16H15N3O3. The number of carbonyl (C=O) groups is 1. The lowest BCUT2D eigenvalue weighted by molar-refractivity contribution is 0.0943. The molecule has 0 unspecified atom stereocenters. The molecule has 3 aromatic rings. The molecule has 3 heterocycles. The number of pyridine rings is 1. The van der Waals surface area contributed by atoms with Crippen molar-refractivity contribution in [2.45, 2.75) is 20.4 Å². The Morgan fingerprint density at radius 3 is 2.77 bits per heavy atom. The molecule has 0 radical (unpaired) electrons. The molecule has 0 aliphatic heterocycles. The molecule has 0 spiro atoms. The second-order valence-corrected chi connectivity index (χ2v) is 4.87. The largest absolute Gasteiger partial charge is 0.467 e.